The van der Waals surface area contributed by atoms with Gasteiger partial charge in [-0.15, -0.1) is 0 Å². The number of benzene rings is 2. The molecule has 0 radical (unpaired) electrons. The Morgan fingerprint density at radius 3 is 2.39 bits per heavy atom. The van der Waals surface area contributed by atoms with E-state index in [0.29, 0.717) is 23.0 Å². The van der Waals surface area contributed by atoms with Gasteiger partial charge >= 0.3 is 0 Å². The fourth-order valence-corrected chi connectivity index (χ4v) is 2.39. The third-order valence-corrected chi connectivity index (χ3v) is 3.84. The van der Waals surface area contributed by atoms with E-state index in [9.17, 15) is 22.8 Å². The van der Waals surface area contributed by atoms with Crippen LogP contribution in [0.15, 0.2) is 54.7 Å². The second-order valence-corrected chi connectivity index (χ2v) is 5.87. The van der Waals surface area contributed by atoms with Crippen molar-refractivity contribution in [3.8, 4) is 0 Å². The number of rotatable bonds is 5. The van der Waals surface area contributed by atoms with Crippen LogP contribution in [0.3, 0.4) is 0 Å². The maximum Gasteiger partial charge on any atom is 0.274 e. The van der Waals surface area contributed by atoms with Crippen molar-refractivity contribution < 1.29 is 22.8 Å². The van der Waals surface area contributed by atoms with Crippen molar-refractivity contribution in [3.05, 3.63) is 83.4 Å². The molecule has 0 saturated heterocycles. The number of nitrogens with one attached hydrogen (secondary N) is 2. The number of nitrogens with zero attached hydrogens (tertiary/aromatic N) is 1. The van der Waals surface area contributed by atoms with Gasteiger partial charge in [0, 0.05) is 11.3 Å². The van der Waals surface area contributed by atoms with Crippen LogP contribution in [0.2, 0.25) is 0 Å². The molecule has 28 heavy (non-hydrogen) atoms. The summed E-state index contributed by atoms with van der Waals surface area (Å²) < 4.78 is 39.8. The van der Waals surface area contributed by atoms with Crippen molar-refractivity contribution in [3.63, 3.8) is 0 Å². The molecule has 1 heterocycles. The first-order valence-corrected chi connectivity index (χ1v) is 8.14. The van der Waals surface area contributed by atoms with Crippen LogP contribution in [0.25, 0.3) is 0 Å². The van der Waals surface area contributed by atoms with Crippen LogP contribution in [-0.2, 0) is 0 Å². The van der Waals surface area contributed by atoms with Gasteiger partial charge < -0.3 is 10.6 Å². The Labute approximate surface area is 158 Å². The van der Waals surface area contributed by atoms with Crippen molar-refractivity contribution >= 4 is 28.8 Å². The van der Waals surface area contributed by atoms with Crippen LogP contribution in [0.4, 0.5) is 30.2 Å². The summed E-state index contributed by atoms with van der Waals surface area (Å²) in [5.41, 5.74) is 1.22. The van der Waals surface area contributed by atoms with Crippen LogP contribution in [0.5, 0.6) is 0 Å². The van der Waals surface area contributed by atoms with E-state index in [0.717, 1.165) is 6.07 Å². The lowest BCUT2D eigenvalue weighted by molar-refractivity contribution is 0.101. The minimum atomic E-state index is -1.67. The highest BCUT2D eigenvalue weighted by Gasteiger charge is 2.16. The van der Waals surface area contributed by atoms with E-state index in [1.807, 2.05) is 0 Å². The third-order valence-electron chi connectivity index (χ3n) is 3.84. The molecule has 3 rings (SSSR count). The SMILES string of the molecule is CC(=O)c1cccc(Nc2ccc(C(=O)Nc3ccc(F)c(F)c3F)nc2)c1. The highest BCUT2D eigenvalue weighted by Crippen LogP contribution is 2.21. The summed E-state index contributed by atoms with van der Waals surface area (Å²) in [6.07, 6.45) is 1.37. The van der Waals surface area contributed by atoms with Crippen LogP contribution in [0.1, 0.15) is 27.8 Å². The standard InChI is InChI=1S/C20H14F3N3O2/c1-11(27)12-3-2-4-13(9-12)25-14-5-7-17(24-10-14)20(28)26-16-8-6-15(21)18(22)19(16)23/h2-10,25H,1H3,(H,26,28). The van der Waals surface area contributed by atoms with E-state index >= 15 is 0 Å². The van der Waals surface area contributed by atoms with Gasteiger partial charge in [-0.25, -0.2) is 18.2 Å². The van der Waals surface area contributed by atoms with E-state index in [-0.39, 0.29) is 11.5 Å². The number of carbonyl (C=O) groups is 2. The minimum absolute atomic E-state index is 0.0489. The Bertz CT molecular complexity index is 1050. The number of hydrogen-bond donors (Lipinski definition) is 2. The lowest BCUT2D eigenvalue weighted by Gasteiger charge is -2.09. The second kappa shape index (κ2) is 7.91. The van der Waals surface area contributed by atoms with Crippen LogP contribution in [-0.4, -0.2) is 16.7 Å². The summed E-state index contributed by atoms with van der Waals surface area (Å²) in [5, 5.41) is 5.18. The molecule has 5 nitrogen and oxygen atoms in total. The Morgan fingerprint density at radius 1 is 0.929 bits per heavy atom. The average Bonchev–Trinajstić information content (AvgIpc) is 2.69. The zero-order chi connectivity index (χ0) is 20.3. The minimum Gasteiger partial charge on any atom is -0.354 e. The summed E-state index contributed by atoms with van der Waals surface area (Å²) in [4.78, 5) is 27.5. The number of hydrogen-bond acceptors (Lipinski definition) is 4. The lowest BCUT2D eigenvalue weighted by atomic mass is 10.1. The van der Waals surface area contributed by atoms with Crippen molar-refractivity contribution in [2.45, 2.75) is 6.92 Å². The van der Waals surface area contributed by atoms with E-state index in [1.54, 1.807) is 30.3 Å². The number of carbonyl (C=O) groups excluding carboxylic acids is 2. The Hall–Kier alpha value is -3.68. The molecule has 0 saturated carbocycles. The lowest BCUT2D eigenvalue weighted by Crippen LogP contribution is -2.15. The monoisotopic (exact) mass is 385 g/mol. The molecule has 1 amide bonds. The van der Waals surface area contributed by atoms with Gasteiger partial charge in [-0.05, 0) is 43.3 Å². The van der Waals surface area contributed by atoms with E-state index < -0.39 is 29.0 Å². The van der Waals surface area contributed by atoms with Gasteiger partial charge in [-0.1, -0.05) is 12.1 Å². The maximum atomic E-state index is 13.7. The van der Waals surface area contributed by atoms with E-state index in [4.69, 9.17) is 0 Å². The molecule has 0 spiro atoms. The maximum absolute atomic E-state index is 13.7. The molecule has 0 atom stereocenters. The van der Waals surface area contributed by atoms with E-state index in [2.05, 4.69) is 15.6 Å². The number of halogens is 3. The molecule has 3 aromatic rings. The highest BCUT2D eigenvalue weighted by atomic mass is 19.2. The largest absolute Gasteiger partial charge is 0.354 e. The molecular formula is C20H14F3N3O2. The summed E-state index contributed by atoms with van der Waals surface area (Å²) in [5.74, 6) is -5.36. The number of anilines is 3. The Balaban J connectivity index is 1.72. The molecule has 2 N–H and O–H groups in total. The Morgan fingerprint density at radius 2 is 1.71 bits per heavy atom. The topological polar surface area (TPSA) is 71.1 Å². The molecular weight excluding hydrogens is 371 g/mol. The fourth-order valence-electron chi connectivity index (χ4n) is 2.39. The van der Waals surface area contributed by atoms with Crippen molar-refractivity contribution in [2.75, 3.05) is 10.6 Å². The third kappa shape index (κ3) is 4.17. The van der Waals surface area contributed by atoms with Gasteiger partial charge in [-0.3, -0.25) is 9.59 Å². The van der Waals surface area contributed by atoms with Crippen LogP contribution in [0, 0.1) is 17.5 Å². The molecule has 2 aromatic carbocycles. The molecule has 8 heteroatoms. The Kier molecular flexibility index (Phi) is 5.39. The predicted octanol–water partition coefficient (Wildman–Crippen LogP) is 4.70. The number of pyridine rings is 1. The average molecular weight is 385 g/mol. The number of amides is 1. The van der Waals surface area contributed by atoms with Gasteiger partial charge in [0.1, 0.15) is 5.69 Å². The van der Waals surface area contributed by atoms with Crippen LogP contribution >= 0.6 is 0 Å². The van der Waals surface area contributed by atoms with Gasteiger partial charge in [0.2, 0.25) is 0 Å². The second-order valence-electron chi connectivity index (χ2n) is 5.87. The van der Waals surface area contributed by atoms with Gasteiger partial charge in [-0.2, -0.15) is 0 Å². The molecule has 0 bridgehead atoms. The first-order chi connectivity index (χ1) is 13.3. The first kappa shape index (κ1) is 19.1. The summed E-state index contributed by atoms with van der Waals surface area (Å²) in [7, 11) is 0. The summed E-state index contributed by atoms with van der Waals surface area (Å²) in [6, 6.07) is 11.4. The van der Waals surface area contributed by atoms with E-state index in [1.165, 1.54) is 19.2 Å². The van der Waals surface area contributed by atoms with Gasteiger partial charge in [0.05, 0.1) is 17.6 Å². The molecule has 0 aliphatic heterocycles. The quantitative estimate of drug-likeness (QED) is 0.493. The highest BCUT2D eigenvalue weighted by molar-refractivity contribution is 6.03. The first-order valence-electron chi connectivity index (χ1n) is 8.14. The summed E-state index contributed by atoms with van der Waals surface area (Å²) in [6.45, 7) is 1.46. The molecule has 0 fully saturated rings. The zero-order valence-electron chi connectivity index (χ0n) is 14.6. The normalized spacial score (nSPS) is 10.4. The summed E-state index contributed by atoms with van der Waals surface area (Å²) >= 11 is 0. The smallest absolute Gasteiger partial charge is 0.274 e. The molecule has 0 aliphatic rings. The molecule has 142 valence electrons. The molecule has 1 aromatic heterocycles. The van der Waals surface area contributed by atoms with Crippen molar-refractivity contribution in [1.82, 2.24) is 4.98 Å². The number of Topliss-reactive ketones (excluding diaryl/α,β-unsaturated/α-hetero) is 1. The predicted molar refractivity (Wildman–Crippen MR) is 98.2 cm³/mol. The number of aromatic nitrogens is 1. The zero-order valence-corrected chi connectivity index (χ0v) is 14.6. The number of ketones is 1. The van der Waals surface area contributed by atoms with Gasteiger partial charge in [0.25, 0.3) is 5.91 Å². The van der Waals surface area contributed by atoms with Gasteiger partial charge in [0.15, 0.2) is 23.2 Å². The van der Waals surface area contributed by atoms with Crippen LogP contribution < -0.4 is 10.6 Å². The fraction of sp³-hybridized carbons (Fsp3) is 0.0500. The van der Waals surface area contributed by atoms with Crippen molar-refractivity contribution in [2.24, 2.45) is 0 Å². The van der Waals surface area contributed by atoms with Crippen molar-refractivity contribution in [1.29, 1.82) is 0 Å². The molecule has 0 aliphatic carbocycles. The molecule has 0 unspecified atom stereocenters.